The molecular formula is C44H30N4. The number of allylic oxidation sites excluding steroid dienone is 5. The van der Waals surface area contributed by atoms with Crippen LogP contribution >= 0.6 is 0 Å². The Morgan fingerprint density at radius 2 is 1.42 bits per heavy atom. The van der Waals surface area contributed by atoms with Gasteiger partial charge in [-0.25, -0.2) is 0 Å². The molecule has 0 bridgehead atoms. The summed E-state index contributed by atoms with van der Waals surface area (Å²) < 4.78 is 4.61. The minimum atomic E-state index is 0.115. The Labute approximate surface area is 279 Å². The van der Waals surface area contributed by atoms with Crippen LogP contribution in [0.2, 0.25) is 0 Å². The third-order valence-corrected chi connectivity index (χ3v) is 10.00. The highest BCUT2D eigenvalue weighted by atomic mass is 15.0. The maximum atomic E-state index is 10.4. The van der Waals surface area contributed by atoms with Gasteiger partial charge in [-0.3, -0.25) is 0 Å². The fourth-order valence-corrected chi connectivity index (χ4v) is 7.84. The van der Waals surface area contributed by atoms with Crippen LogP contribution in [0.15, 0.2) is 133 Å². The molecule has 1 atom stereocenters. The first kappa shape index (κ1) is 27.9. The number of nitrogens with zero attached hydrogens (tertiary/aromatic N) is 4. The van der Waals surface area contributed by atoms with Crippen molar-refractivity contribution in [3.8, 4) is 23.5 Å². The number of hydrogen-bond acceptors (Lipinski definition) is 2. The molecule has 2 aliphatic carbocycles. The maximum absolute atomic E-state index is 10.4. The lowest BCUT2D eigenvalue weighted by atomic mass is 9.85. The highest BCUT2D eigenvalue weighted by molar-refractivity contribution is 6.09. The Morgan fingerprint density at radius 1 is 0.646 bits per heavy atom. The molecule has 4 heteroatoms. The number of aromatic nitrogens is 2. The summed E-state index contributed by atoms with van der Waals surface area (Å²) in [5, 5.41) is 23.4. The molecule has 2 aliphatic rings. The second kappa shape index (κ2) is 11.2. The van der Waals surface area contributed by atoms with E-state index in [-0.39, 0.29) is 5.92 Å². The summed E-state index contributed by atoms with van der Waals surface area (Å²) in [7, 11) is 0. The molecule has 0 spiro atoms. The number of benzene rings is 5. The Morgan fingerprint density at radius 3 is 2.23 bits per heavy atom. The van der Waals surface area contributed by atoms with E-state index in [1.165, 1.54) is 22.2 Å². The maximum Gasteiger partial charge on any atom is 0.101 e. The van der Waals surface area contributed by atoms with Crippen molar-refractivity contribution < 1.29 is 0 Å². The van der Waals surface area contributed by atoms with Gasteiger partial charge in [0.05, 0.1) is 39.4 Å². The second-order valence-electron chi connectivity index (χ2n) is 12.6. The van der Waals surface area contributed by atoms with E-state index in [1.807, 2.05) is 30.3 Å². The average Bonchev–Trinajstić information content (AvgIpc) is 3.67. The summed E-state index contributed by atoms with van der Waals surface area (Å²) in [5.41, 5.74) is 12.8. The second-order valence-corrected chi connectivity index (χ2v) is 12.6. The number of hydrogen-bond donors (Lipinski definition) is 0. The largest absolute Gasteiger partial charge is 0.309 e. The Hall–Kier alpha value is -6.36. The van der Waals surface area contributed by atoms with Gasteiger partial charge in [-0.05, 0) is 96.1 Å². The minimum Gasteiger partial charge on any atom is -0.309 e. The van der Waals surface area contributed by atoms with Gasteiger partial charge in [0.1, 0.15) is 6.07 Å². The molecule has 0 aliphatic heterocycles. The zero-order chi connectivity index (χ0) is 32.2. The predicted molar refractivity (Wildman–Crippen MR) is 195 cm³/mol. The third kappa shape index (κ3) is 4.28. The SMILES string of the molecule is N#Cc1ccc2c(c1)c1ccccc1n2-c1ccc(C2=CC(c3cccc(C#N)c3-n3c4c(c5ccccc53)CCC=C4)CC=C2)cc1. The fourth-order valence-electron chi connectivity index (χ4n) is 7.84. The zero-order valence-corrected chi connectivity index (χ0v) is 26.3. The summed E-state index contributed by atoms with van der Waals surface area (Å²) in [6.07, 6.45) is 14.2. The van der Waals surface area contributed by atoms with E-state index in [0.29, 0.717) is 11.1 Å². The van der Waals surface area contributed by atoms with E-state index >= 15 is 0 Å². The predicted octanol–water partition coefficient (Wildman–Crippen LogP) is 10.6. The Bertz CT molecular complexity index is 2610. The van der Waals surface area contributed by atoms with Crippen molar-refractivity contribution in [2.75, 3.05) is 0 Å². The molecule has 0 radical (unpaired) electrons. The van der Waals surface area contributed by atoms with E-state index < -0.39 is 0 Å². The first-order valence-corrected chi connectivity index (χ1v) is 16.5. The van der Waals surface area contributed by atoms with Gasteiger partial charge in [0, 0.05) is 33.5 Å². The molecule has 5 aromatic carbocycles. The van der Waals surface area contributed by atoms with E-state index in [1.54, 1.807) is 0 Å². The highest BCUT2D eigenvalue weighted by Crippen LogP contribution is 2.41. The van der Waals surface area contributed by atoms with Gasteiger partial charge in [0.25, 0.3) is 0 Å². The zero-order valence-electron chi connectivity index (χ0n) is 26.3. The molecule has 2 aromatic heterocycles. The molecule has 48 heavy (non-hydrogen) atoms. The Kier molecular flexibility index (Phi) is 6.49. The standard InChI is InChI=1S/C44H30N4/c45-27-29-19-24-43-39(25-29)38-14-3-4-16-40(38)47(43)34-22-20-30(21-23-34)31-9-7-10-32(26-31)35-15-8-11-33(28-46)44(35)48-41-17-5-1-12-36(41)37-13-2-6-18-42(37)48/h1,3-9,11-12,14-26,32H,2,10,13H2. The van der Waals surface area contributed by atoms with Crippen LogP contribution in [0.25, 0.3) is 55.7 Å². The highest BCUT2D eigenvalue weighted by Gasteiger charge is 2.25. The lowest BCUT2D eigenvalue weighted by molar-refractivity contribution is 0.840. The Balaban J connectivity index is 1.14. The molecule has 226 valence electrons. The lowest BCUT2D eigenvalue weighted by Gasteiger charge is -2.23. The molecule has 0 N–H and O–H groups in total. The number of aryl methyl sites for hydroxylation is 1. The molecule has 0 amide bonds. The summed E-state index contributed by atoms with van der Waals surface area (Å²) in [5.74, 6) is 0.115. The minimum absolute atomic E-state index is 0.115. The molecule has 4 nitrogen and oxygen atoms in total. The molecule has 9 rings (SSSR count). The smallest absolute Gasteiger partial charge is 0.101 e. The lowest BCUT2D eigenvalue weighted by Crippen LogP contribution is -2.10. The van der Waals surface area contributed by atoms with Crippen molar-refractivity contribution >= 4 is 44.4 Å². The van der Waals surface area contributed by atoms with Crippen LogP contribution in [0.1, 0.15) is 52.3 Å². The van der Waals surface area contributed by atoms with Gasteiger partial charge in [0.2, 0.25) is 0 Å². The van der Waals surface area contributed by atoms with Crippen molar-refractivity contribution in [1.29, 1.82) is 10.5 Å². The van der Waals surface area contributed by atoms with Crippen LogP contribution in [0, 0.1) is 22.7 Å². The summed E-state index contributed by atoms with van der Waals surface area (Å²) in [4.78, 5) is 0. The first-order chi connectivity index (χ1) is 23.7. The van der Waals surface area contributed by atoms with Crippen molar-refractivity contribution in [3.05, 3.63) is 167 Å². The molecule has 1 unspecified atom stereocenters. The molecule has 0 saturated carbocycles. The van der Waals surface area contributed by atoms with E-state index in [0.717, 1.165) is 69.1 Å². The molecular weight excluding hydrogens is 585 g/mol. The fraction of sp³-hybridized carbons (Fsp3) is 0.0909. The molecule has 0 fully saturated rings. The van der Waals surface area contributed by atoms with Gasteiger partial charge < -0.3 is 9.13 Å². The number of nitriles is 2. The van der Waals surface area contributed by atoms with E-state index in [9.17, 15) is 10.5 Å². The van der Waals surface area contributed by atoms with Gasteiger partial charge in [0.15, 0.2) is 0 Å². The number of fused-ring (bicyclic) bond motifs is 6. The summed E-state index contributed by atoms with van der Waals surface area (Å²) in [6.45, 7) is 0. The van der Waals surface area contributed by atoms with Crippen LogP contribution in [0.4, 0.5) is 0 Å². The van der Waals surface area contributed by atoms with Crippen LogP contribution in [0.5, 0.6) is 0 Å². The molecule has 2 heterocycles. The quantitative estimate of drug-likeness (QED) is 0.198. The normalized spacial score (nSPS) is 15.4. The van der Waals surface area contributed by atoms with Crippen molar-refractivity contribution in [1.82, 2.24) is 9.13 Å². The topological polar surface area (TPSA) is 57.4 Å². The van der Waals surface area contributed by atoms with Crippen molar-refractivity contribution in [2.45, 2.75) is 25.2 Å². The monoisotopic (exact) mass is 614 g/mol. The van der Waals surface area contributed by atoms with E-state index in [4.69, 9.17) is 0 Å². The average molecular weight is 615 g/mol. The molecule has 0 saturated heterocycles. The van der Waals surface area contributed by atoms with Gasteiger partial charge in [-0.1, -0.05) is 85.0 Å². The summed E-state index contributed by atoms with van der Waals surface area (Å²) in [6, 6.07) is 42.7. The van der Waals surface area contributed by atoms with Crippen LogP contribution in [-0.2, 0) is 6.42 Å². The third-order valence-electron chi connectivity index (χ3n) is 10.00. The van der Waals surface area contributed by atoms with E-state index in [2.05, 4.69) is 131 Å². The number of rotatable bonds is 4. The first-order valence-electron chi connectivity index (χ1n) is 16.5. The number of para-hydroxylation sites is 3. The van der Waals surface area contributed by atoms with Gasteiger partial charge in [-0.2, -0.15) is 10.5 Å². The van der Waals surface area contributed by atoms with Crippen molar-refractivity contribution in [3.63, 3.8) is 0 Å². The van der Waals surface area contributed by atoms with Crippen LogP contribution < -0.4 is 0 Å². The molecule has 7 aromatic rings. The van der Waals surface area contributed by atoms with Crippen molar-refractivity contribution in [2.24, 2.45) is 0 Å². The van der Waals surface area contributed by atoms with Crippen LogP contribution in [-0.4, -0.2) is 9.13 Å². The van der Waals surface area contributed by atoms with Gasteiger partial charge in [-0.15, -0.1) is 0 Å². The van der Waals surface area contributed by atoms with Crippen LogP contribution in [0.3, 0.4) is 0 Å². The summed E-state index contributed by atoms with van der Waals surface area (Å²) >= 11 is 0. The van der Waals surface area contributed by atoms with Gasteiger partial charge >= 0.3 is 0 Å².